The second kappa shape index (κ2) is 8.00. The molecule has 0 aliphatic carbocycles. The number of fused-ring (bicyclic) bond motifs is 1. The SMILES string of the molecule is CCS(=O)c1ccc(Sc2ccc(F)cc2)c(-c2cn(C)c(=O)c3[nH]ccc23)c1. The number of H-pyrrole nitrogens is 1. The molecule has 29 heavy (non-hydrogen) atoms. The van der Waals surface area contributed by atoms with Crippen LogP contribution in [0.25, 0.3) is 22.0 Å². The van der Waals surface area contributed by atoms with Crippen molar-refractivity contribution >= 4 is 33.5 Å². The molecule has 0 radical (unpaired) electrons. The Labute approximate surface area is 174 Å². The monoisotopic (exact) mass is 426 g/mol. The number of benzene rings is 2. The quantitative estimate of drug-likeness (QED) is 0.491. The summed E-state index contributed by atoms with van der Waals surface area (Å²) >= 11 is 1.50. The molecule has 0 spiro atoms. The second-order valence-corrected chi connectivity index (χ2v) is 9.43. The molecule has 7 heteroatoms. The van der Waals surface area contributed by atoms with Crippen LogP contribution in [0.5, 0.6) is 0 Å². The second-order valence-electron chi connectivity index (χ2n) is 6.57. The Balaban J connectivity index is 1.93. The van der Waals surface area contributed by atoms with Crippen LogP contribution in [-0.4, -0.2) is 19.5 Å². The highest BCUT2D eigenvalue weighted by molar-refractivity contribution is 7.99. The molecule has 0 fully saturated rings. The fraction of sp³-hybridized carbons (Fsp3) is 0.136. The van der Waals surface area contributed by atoms with Crippen molar-refractivity contribution in [1.29, 1.82) is 0 Å². The molecule has 1 atom stereocenters. The van der Waals surface area contributed by atoms with Crippen LogP contribution in [-0.2, 0) is 17.8 Å². The summed E-state index contributed by atoms with van der Waals surface area (Å²) in [6.45, 7) is 1.88. The minimum Gasteiger partial charge on any atom is -0.357 e. The van der Waals surface area contributed by atoms with E-state index >= 15 is 0 Å². The van der Waals surface area contributed by atoms with Gasteiger partial charge in [0.15, 0.2) is 0 Å². The van der Waals surface area contributed by atoms with Crippen LogP contribution in [0, 0.1) is 5.82 Å². The topological polar surface area (TPSA) is 54.9 Å². The number of pyridine rings is 1. The van der Waals surface area contributed by atoms with E-state index in [0.29, 0.717) is 11.3 Å². The first kappa shape index (κ1) is 19.7. The van der Waals surface area contributed by atoms with Crippen LogP contribution in [0.4, 0.5) is 4.39 Å². The summed E-state index contributed by atoms with van der Waals surface area (Å²) in [5.74, 6) is 0.242. The minimum absolute atomic E-state index is 0.102. The van der Waals surface area contributed by atoms with Gasteiger partial charge in [0.2, 0.25) is 0 Å². The normalized spacial score (nSPS) is 12.4. The van der Waals surface area contributed by atoms with Crippen molar-refractivity contribution in [2.45, 2.75) is 21.6 Å². The Morgan fingerprint density at radius 1 is 1.10 bits per heavy atom. The van der Waals surface area contributed by atoms with Gasteiger partial charge in [0.25, 0.3) is 5.56 Å². The predicted octanol–water partition coefficient (Wildman–Crippen LogP) is 4.95. The Morgan fingerprint density at radius 2 is 1.86 bits per heavy atom. The van der Waals surface area contributed by atoms with Crippen LogP contribution in [0.2, 0.25) is 0 Å². The third-order valence-electron chi connectivity index (χ3n) is 4.70. The van der Waals surface area contributed by atoms with E-state index in [-0.39, 0.29) is 11.4 Å². The molecular formula is C22H19FN2O2S2. The zero-order valence-electron chi connectivity index (χ0n) is 15.9. The number of aromatic amines is 1. The molecule has 0 bridgehead atoms. The van der Waals surface area contributed by atoms with Crippen molar-refractivity contribution in [2.75, 3.05) is 5.75 Å². The van der Waals surface area contributed by atoms with E-state index < -0.39 is 10.8 Å². The number of hydrogen-bond acceptors (Lipinski definition) is 3. The lowest BCUT2D eigenvalue weighted by molar-refractivity contribution is 0.626. The van der Waals surface area contributed by atoms with Crippen LogP contribution in [0.3, 0.4) is 0 Å². The van der Waals surface area contributed by atoms with Gasteiger partial charge in [-0.3, -0.25) is 9.00 Å². The molecule has 2 aromatic heterocycles. The van der Waals surface area contributed by atoms with E-state index in [0.717, 1.165) is 31.2 Å². The number of nitrogens with zero attached hydrogens (tertiary/aromatic N) is 1. The number of halogens is 1. The maximum Gasteiger partial charge on any atom is 0.274 e. The van der Waals surface area contributed by atoms with Crippen molar-refractivity contribution in [2.24, 2.45) is 7.05 Å². The molecule has 0 saturated carbocycles. The van der Waals surface area contributed by atoms with Crippen molar-refractivity contribution in [3.05, 3.63) is 77.1 Å². The summed E-state index contributed by atoms with van der Waals surface area (Å²) in [5, 5.41) is 0.813. The number of rotatable bonds is 5. The molecule has 1 N–H and O–H groups in total. The molecule has 1 unspecified atom stereocenters. The van der Waals surface area contributed by atoms with Gasteiger partial charge < -0.3 is 9.55 Å². The van der Waals surface area contributed by atoms with Gasteiger partial charge in [0, 0.05) is 50.8 Å². The highest BCUT2D eigenvalue weighted by atomic mass is 32.2. The van der Waals surface area contributed by atoms with Crippen LogP contribution in [0.1, 0.15) is 6.92 Å². The Morgan fingerprint density at radius 3 is 2.59 bits per heavy atom. The highest BCUT2D eigenvalue weighted by Gasteiger charge is 2.16. The predicted molar refractivity (Wildman–Crippen MR) is 116 cm³/mol. The van der Waals surface area contributed by atoms with Crippen LogP contribution >= 0.6 is 11.8 Å². The zero-order chi connectivity index (χ0) is 20.5. The average Bonchev–Trinajstić information content (AvgIpc) is 3.22. The fourth-order valence-corrected chi connectivity index (χ4v) is 4.97. The number of hydrogen-bond donors (Lipinski definition) is 1. The van der Waals surface area contributed by atoms with E-state index in [1.165, 1.54) is 23.9 Å². The summed E-state index contributed by atoms with van der Waals surface area (Å²) in [6, 6.07) is 13.9. The summed E-state index contributed by atoms with van der Waals surface area (Å²) < 4.78 is 27.3. The van der Waals surface area contributed by atoms with E-state index in [2.05, 4.69) is 4.98 Å². The van der Waals surface area contributed by atoms with Gasteiger partial charge in [-0.05, 0) is 54.1 Å². The summed E-state index contributed by atoms with van der Waals surface area (Å²) in [7, 11) is 0.614. The fourth-order valence-electron chi connectivity index (χ4n) is 3.23. The lowest BCUT2D eigenvalue weighted by atomic mass is 10.0. The molecule has 148 valence electrons. The third kappa shape index (κ3) is 3.80. The largest absolute Gasteiger partial charge is 0.357 e. The molecule has 4 aromatic rings. The van der Waals surface area contributed by atoms with Gasteiger partial charge in [0.1, 0.15) is 11.3 Å². The smallest absolute Gasteiger partial charge is 0.274 e. The van der Waals surface area contributed by atoms with Gasteiger partial charge in [0.05, 0.1) is 10.8 Å². The van der Waals surface area contributed by atoms with Crippen molar-refractivity contribution in [3.63, 3.8) is 0 Å². The maximum absolute atomic E-state index is 13.3. The molecule has 2 heterocycles. The molecule has 4 rings (SSSR count). The van der Waals surface area contributed by atoms with Crippen molar-refractivity contribution in [3.8, 4) is 11.1 Å². The molecular weight excluding hydrogens is 407 g/mol. The summed E-state index contributed by atoms with van der Waals surface area (Å²) in [6.07, 6.45) is 3.55. The van der Waals surface area contributed by atoms with Gasteiger partial charge in [-0.1, -0.05) is 18.7 Å². The number of aromatic nitrogens is 2. The van der Waals surface area contributed by atoms with E-state index in [9.17, 15) is 13.4 Å². The maximum atomic E-state index is 13.3. The Bertz CT molecular complexity index is 1280. The standard InChI is InChI=1S/C22H19FN2O2S2/c1-3-29(27)16-8-9-20(28-15-6-4-14(23)5-7-15)18(12-16)19-13-25(2)22(26)21-17(19)10-11-24-21/h4-13,24H,3H2,1-2H3. The minimum atomic E-state index is -1.10. The number of nitrogens with one attached hydrogen (secondary N) is 1. The molecule has 0 aliphatic rings. The first-order valence-electron chi connectivity index (χ1n) is 9.11. The third-order valence-corrected chi connectivity index (χ3v) is 7.09. The molecule has 0 aliphatic heterocycles. The van der Waals surface area contributed by atoms with Crippen LogP contribution in [0.15, 0.2) is 80.4 Å². The van der Waals surface area contributed by atoms with Crippen LogP contribution < -0.4 is 5.56 Å². The van der Waals surface area contributed by atoms with Crippen molar-refractivity contribution in [1.82, 2.24) is 9.55 Å². The van der Waals surface area contributed by atoms with Gasteiger partial charge in [-0.25, -0.2) is 4.39 Å². The van der Waals surface area contributed by atoms with Gasteiger partial charge >= 0.3 is 0 Å². The van der Waals surface area contributed by atoms with E-state index in [1.54, 1.807) is 36.1 Å². The van der Waals surface area contributed by atoms with Gasteiger partial charge in [-0.15, -0.1) is 0 Å². The first-order valence-corrected chi connectivity index (χ1v) is 11.2. The summed E-state index contributed by atoms with van der Waals surface area (Å²) in [4.78, 5) is 18.0. The number of aryl methyl sites for hydroxylation is 1. The molecule has 2 aromatic carbocycles. The van der Waals surface area contributed by atoms with Crippen molar-refractivity contribution < 1.29 is 8.60 Å². The average molecular weight is 427 g/mol. The lowest BCUT2D eigenvalue weighted by Crippen LogP contribution is -2.16. The van der Waals surface area contributed by atoms with E-state index in [1.807, 2.05) is 31.2 Å². The lowest BCUT2D eigenvalue weighted by Gasteiger charge is -2.14. The van der Waals surface area contributed by atoms with E-state index in [4.69, 9.17) is 0 Å². The van der Waals surface area contributed by atoms with Gasteiger partial charge in [-0.2, -0.15) is 0 Å². The Hall–Kier alpha value is -2.64. The molecule has 4 nitrogen and oxygen atoms in total. The highest BCUT2D eigenvalue weighted by Crippen LogP contribution is 2.39. The molecule has 0 amide bonds. The Kier molecular flexibility index (Phi) is 5.43. The zero-order valence-corrected chi connectivity index (χ0v) is 17.6. The molecule has 0 saturated heterocycles. The first-order chi connectivity index (χ1) is 14.0. The summed E-state index contributed by atoms with van der Waals surface area (Å²) in [5.41, 5.74) is 2.20.